The summed E-state index contributed by atoms with van der Waals surface area (Å²) in [4.78, 5) is 2.49. The van der Waals surface area contributed by atoms with Crippen LogP contribution in [-0.4, -0.2) is 25.7 Å². The van der Waals surface area contributed by atoms with E-state index in [1.807, 2.05) is 0 Å². The molecule has 0 aromatic heterocycles. The molecule has 1 N–H and O–H groups in total. The largest absolute Gasteiger partial charge is 0.371 e. The topological polar surface area (TPSA) is 15.3 Å². The molecule has 0 atom stereocenters. The number of nitrogens with one attached hydrogen (secondary N) is 1. The highest BCUT2D eigenvalue weighted by Gasteiger charge is 2.18. The predicted octanol–water partition coefficient (Wildman–Crippen LogP) is 2.66. The second kappa shape index (κ2) is 5.90. The Morgan fingerprint density at radius 1 is 1.19 bits per heavy atom. The van der Waals surface area contributed by atoms with E-state index >= 15 is 0 Å². The van der Waals surface area contributed by atoms with Crippen LogP contribution in [0.3, 0.4) is 0 Å². The lowest BCUT2D eigenvalue weighted by atomic mass is 10.0. The molecule has 1 fully saturated rings. The van der Waals surface area contributed by atoms with Crippen LogP contribution in [0.2, 0.25) is 0 Å². The van der Waals surface area contributed by atoms with Crippen LogP contribution in [0, 0.1) is 0 Å². The number of hydrogen-bond acceptors (Lipinski definition) is 2. The van der Waals surface area contributed by atoms with Gasteiger partial charge in [0.1, 0.15) is 0 Å². The summed E-state index contributed by atoms with van der Waals surface area (Å²) in [5.74, 6) is 0. The van der Waals surface area contributed by atoms with Crippen LogP contribution < -0.4 is 10.2 Å². The van der Waals surface area contributed by atoms with Crippen molar-refractivity contribution in [1.29, 1.82) is 0 Å². The van der Waals surface area contributed by atoms with Gasteiger partial charge in [0.15, 0.2) is 0 Å². The Morgan fingerprint density at radius 2 is 1.88 bits per heavy atom. The molecule has 1 aromatic rings. The van der Waals surface area contributed by atoms with E-state index in [2.05, 4.69) is 47.5 Å². The minimum atomic E-state index is 0.736. The van der Waals surface area contributed by atoms with Crippen LogP contribution in [0.15, 0.2) is 30.3 Å². The number of anilines is 1. The molecule has 1 aliphatic rings. The van der Waals surface area contributed by atoms with Crippen LogP contribution in [0.25, 0.3) is 0 Å². The molecule has 0 amide bonds. The average molecular weight is 218 g/mol. The summed E-state index contributed by atoms with van der Waals surface area (Å²) in [6, 6.07) is 11.5. The van der Waals surface area contributed by atoms with E-state index in [1.165, 1.54) is 38.0 Å². The molecular formula is C14H22N2. The molecule has 2 rings (SSSR count). The standard InChI is InChI=1S/C14H22N2/c1-2-10-15-13-8-11-16(12-9-13)14-6-4-3-5-7-14/h3-7,13,15H,2,8-12H2,1H3. The lowest BCUT2D eigenvalue weighted by Gasteiger charge is -2.34. The van der Waals surface area contributed by atoms with Crippen LogP contribution in [0.1, 0.15) is 26.2 Å². The van der Waals surface area contributed by atoms with Gasteiger partial charge in [-0.1, -0.05) is 25.1 Å². The molecule has 1 saturated heterocycles. The second-order valence-corrected chi connectivity index (χ2v) is 4.55. The minimum Gasteiger partial charge on any atom is -0.371 e. The predicted molar refractivity (Wildman–Crippen MR) is 70.0 cm³/mol. The van der Waals surface area contributed by atoms with Gasteiger partial charge in [0.2, 0.25) is 0 Å². The van der Waals surface area contributed by atoms with Crippen molar-refractivity contribution in [2.24, 2.45) is 0 Å². The monoisotopic (exact) mass is 218 g/mol. The average Bonchev–Trinajstić information content (AvgIpc) is 2.38. The van der Waals surface area contributed by atoms with Gasteiger partial charge in [0.05, 0.1) is 0 Å². The lowest BCUT2D eigenvalue weighted by molar-refractivity contribution is 0.416. The molecule has 0 unspecified atom stereocenters. The van der Waals surface area contributed by atoms with Crippen molar-refractivity contribution in [2.75, 3.05) is 24.5 Å². The maximum atomic E-state index is 3.62. The molecular weight excluding hydrogens is 196 g/mol. The maximum absolute atomic E-state index is 3.62. The fraction of sp³-hybridized carbons (Fsp3) is 0.571. The number of nitrogens with zero attached hydrogens (tertiary/aromatic N) is 1. The Balaban J connectivity index is 1.81. The number of benzene rings is 1. The summed E-state index contributed by atoms with van der Waals surface area (Å²) >= 11 is 0. The van der Waals surface area contributed by atoms with E-state index in [-0.39, 0.29) is 0 Å². The second-order valence-electron chi connectivity index (χ2n) is 4.55. The zero-order valence-corrected chi connectivity index (χ0v) is 10.2. The normalized spacial score (nSPS) is 17.7. The fourth-order valence-corrected chi connectivity index (χ4v) is 2.33. The van der Waals surface area contributed by atoms with Crippen LogP contribution in [0.5, 0.6) is 0 Å². The zero-order valence-electron chi connectivity index (χ0n) is 10.2. The molecule has 0 radical (unpaired) electrons. The van der Waals surface area contributed by atoms with Gasteiger partial charge in [-0.15, -0.1) is 0 Å². The molecule has 0 spiro atoms. The lowest BCUT2D eigenvalue weighted by Crippen LogP contribution is -2.42. The summed E-state index contributed by atoms with van der Waals surface area (Å²) < 4.78 is 0. The van der Waals surface area contributed by atoms with E-state index < -0.39 is 0 Å². The van der Waals surface area contributed by atoms with Crippen LogP contribution >= 0.6 is 0 Å². The molecule has 0 bridgehead atoms. The Kier molecular flexibility index (Phi) is 4.23. The SMILES string of the molecule is CCCNC1CCN(c2ccccc2)CC1. The van der Waals surface area contributed by atoms with Crippen molar-refractivity contribution in [2.45, 2.75) is 32.2 Å². The van der Waals surface area contributed by atoms with Crippen molar-refractivity contribution >= 4 is 5.69 Å². The highest BCUT2D eigenvalue weighted by Crippen LogP contribution is 2.19. The first-order valence-corrected chi connectivity index (χ1v) is 6.43. The molecule has 16 heavy (non-hydrogen) atoms. The van der Waals surface area contributed by atoms with Gasteiger partial charge in [0, 0.05) is 24.8 Å². The summed E-state index contributed by atoms with van der Waals surface area (Å²) in [6.07, 6.45) is 3.78. The van der Waals surface area contributed by atoms with Gasteiger partial charge in [-0.2, -0.15) is 0 Å². The Hall–Kier alpha value is -1.02. The van der Waals surface area contributed by atoms with Crippen molar-refractivity contribution in [3.63, 3.8) is 0 Å². The molecule has 2 nitrogen and oxygen atoms in total. The van der Waals surface area contributed by atoms with Crippen LogP contribution in [0.4, 0.5) is 5.69 Å². The van der Waals surface area contributed by atoms with Gasteiger partial charge in [-0.05, 0) is 37.9 Å². The number of para-hydroxylation sites is 1. The third kappa shape index (κ3) is 2.99. The molecule has 88 valence electrons. The van der Waals surface area contributed by atoms with Crippen molar-refractivity contribution in [3.05, 3.63) is 30.3 Å². The quantitative estimate of drug-likeness (QED) is 0.836. The molecule has 1 heterocycles. The minimum absolute atomic E-state index is 0.736. The molecule has 2 heteroatoms. The fourth-order valence-electron chi connectivity index (χ4n) is 2.33. The maximum Gasteiger partial charge on any atom is 0.0366 e. The van der Waals surface area contributed by atoms with E-state index in [1.54, 1.807) is 0 Å². The molecule has 0 aliphatic carbocycles. The Morgan fingerprint density at radius 3 is 2.50 bits per heavy atom. The highest BCUT2D eigenvalue weighted by molar-refractivity contribution is 5.46. The number of rotatable bonds is 4. The van der Waals surface area contributed by atoms with Gasteiger partial charge >= 0.3 is 0 Å². The smallest absolute Gasteiger partial charge is 0.0366 e. The molecule has 1 aromatic carbocycles. The first-order valence-electron chi connectivity index (χ1n) is 6.43. The third-order valence-corrected chi connectivity index (χ3v) is 3.30. The van der Waals surface area contributed by atoms with E-state index in [4.69, 9.17) is 0 Å². The van der Waals surface area contributed by atoms with Crippen molar-refractivity contribution in [1.82, 2.24) is 5.32 Å². The van der Waals surface area contributed by atoms with Crippen molar-refractivity contribution < 1.29 is 0 Å². The van der Waals surface area contributed by atoms with E-state index in [0.29, 0.717) is 0 Å². The molecule has 0 saturated carbocycles. The Labute approximate surface area is 98.7 Å². The van der Waals surface area contributed by atoms with Crippen molar-refractivity contribution in [3.8, 4) is 0 Å². The van der Waals surface area contributed by atoms with Gasteiger partial charge < -0.3 is 10.2 Å². The molecule has 1 aliphatic heterocycles. The van der Waals surface area contributed by atoms with Gasteiger partial charge in [0.25, 0.3) is 0 Å². The van der Waals surface area contributed by atoms with E-state index in [9.17, 15) is 0 Å². The highest BCUT2D eigenvalue weighted by atomic mass is 15.1. The number of hydrogen-bond donors (Lipinski definition) is 1. The zero-order chi connectivity index (χ0) is 11.2. The van der Waals surface area contributed by atoms with E-state index in [0.717, 1.165) is 12.6 Å². The summed E-state index contributed by atoms with van der Waals surface area (Å²) in [6.45, 7) is 5.76. The summed E-state index contributed by atoms with van der Waals surface area (Å²) in [5.41, 5.74) is 1.37. The Bertz CT molecular complexity index is 289. The summed E-state index contributed by atoms with van der Waals surface area (Å²) in [7, 11) is 0. The van der Waals surface area contributed by atoms with Gasteiger partial charge in [-0.3, -0.25) is 0 Å². The van der Waals surface area contributed by atoms with Crippen LogP contribution in [-0.2, 0) is 0 Å². The third-order valence-electron chi connectivity index (χ3n) is 3.30. The summed E-state index contributed by atoms with van der Waals surface area (Å²) in [5, 5.41) is 3.62. The van der Waals surface area contributed by atoms with Gasteiger partial charge in [-0.25, -0.2) is 0 Å². The number of piperidine rings is 1. The first-order chi connectivity index (χ1) is 7.90. The first kappa shape index (κ1) is 11.5.